The fourth-order valence-electron chi connectivity index (χ4n) is 3.49. The molecule has 6 nitrogen and oxygen atoms in total. The SMILES string of the molecule is CCS(=O)(=O)NC(c1cncc(-c2ccc3c(c2)CCC(=O)N3C)c1)C(C)C. The number of carbonyl (C=O) groups excluding carboxylic acids is 1. The minimum Gasteiger partial charge on any atom is -0.315 e. The highest BCUT2D eigenvalue weighted by Gasteiger charge is 2.23. The van der Waals surface area contributed by atoms with Gasteiger partial charge in [0.05, 0.1) is 11.8 Å². The Hall–Kier alpha value is -2.25. The molecule has 2 heterocycles. The van der Waals surface area contributed by atoms with Crippen molar-refractivity contribution in [1.82, 2.24) is 9.71 Å². The molecule has 1 aliphatic heterocycles. The minimum atomic E-state index is -3.33. The zero-order chi connectivity index (χ0) is 20.5. The van der Waals surface area contributed by atoms with Gasteiger partial charge in [-0.2, -0.15) is 0 Å². The summed E-state index contributed by atoms with van der Waals surface area (Å²) in [6, 6.07) is 7.71. The number of nitrogens with zero attached hydrogens (tertiary/aromatic N) is 2. The monoisotopic (exact) mass is 401 g/mol. The van der Waals surface area contributed by atoms with Crippen LogP contribution in [0.2, 0.25) is 0 Å². The lowest BCUT2D eigenvalue weighted by Crippen LogP contribution is -2.33. The Balaban J connectivity index is 1.96. The van der Waals surface area contributed by atoms with Gasteiger partial charge in [0.1, 0.15) is 0 Å². The number of nitrogens with one attached hydrogen (secondary N) is 1. The molecule has 1 aromatic carbocycles. The molecule has 0 fully saturated rings. The number of amides is 1. The second-order valence-electron chi connectivity index (χ2n) is 7.55. The van der Waals surface area contributed by atoms with Gasteiger partial charge in [-0.15, -0.1) is 0 Å². The molecule has 3 rings (SSSR count). The number of fused-ring (bicyclic) bond motifs is 1. The van der Waals surface area contributed by atoms with E-state index in [0.717, 1.165) is 34.4 Å². The van der Waals surface area contributed by atoms with E-state index in [2.05, 4.69) is 15.8 Å². The quantitative estimate of drug-likeness (QED) is 0.805. The van der Waals surface area contributed by atoms with Crippen molar-refractivity contribution in [2.24, 2.45) is 5.92 Å². The van der Waals surface area contributed by atoms with E-state index in [1.165, 1.54) is 0 Å². The number of hydrogen-bond acceptors (Lipinski definition) is 4. The van der Waals surface area contributed by atoms with Gasteiger partial charge >= 0.3 is 0 Å². The second kappa shape index (κ2) is 8.01. The van der Waals surface area contributed by atoms with Gasteiger partial charge in [-0.05, 0) is 54.2 Å². The molecule has 28 heavy (non-hydrogen) atoms. The topological polar surface area (TPSA) is 79.4 Å². The molecule has 1 aromatic heterocycles. The van der Waals surface area contributed by atoms with Crippen LogP contribution in [0.5, 0.6) is 0 Å². The summed E-state index contributed by atoms with van der Waals surface area (Å²) in [6.45, 7) is 5.60. The van der Waals surface area contributed by atoms with Crippen LogP contribution < -0.4 is 9.62 Å². The first kappa shape index (κ1) is 20.5. The van der Waals surface area contributed by atoms with Crippen LogP contribution in [0, 0.1) is 5.92 Å². The Kier molecular flexibility index (Phi) is 5.86. The molecule has 150 valence electrons. The average Bonchev–Trinajstić information content (AvgIpc) is 2.68. The maximum Gasteiger partial charge on any atom is 0.227 e. The number of anilines is 1. The van der Waals surface area contributed by atoms with Gasteiger partial charge in [-0.25, -0.2) is 13.1 Å². The summed E-state index contributed by atoms with van der Waals surface area (Å²) in [5.74, 6) is 0.258. The third kappa shape index (κ3) is 4.25. The number of rotatable bonds is 6. The van der Waals surface area contributed by atoms with Crippen LogP contribution in [-0.4, -0.2) is 32.1 Å². The Morgan fingerprint density at radius 1 is 1.14 bits per heavy atom. The van der Waals surface area contributed by atoms with Crippen molar-refractivity contribution in [3.05, 3.63) is 47.8 Å². The molecule has 1 unspecified atom stereocenters. The van der Waals surface area contributed by atoms with E-state index >= 15 is 0 Å². The Morgan fingerprint density at radius 3 is 2.57 bits per heavy atom. The summed E-state index contributed by atoms with van der Waals surface area (Å²) in [7, 11) is -1.53. The van der Waals surface area contributed by atoms with Crippen LogP contribution in [0.4, 0.5) is 5.69 Å². The van der Waals surface area contributed by atoms with Gasteiger partial charge in [0, 0.05) is 37.1 Å². The number of sulfonamides is 1. The molecule has 0 saturated carbocycles. The van der Waals surface area contributed by atoms with Crippen LogP contribution in [0.3, 0.4) is 0 Å². The summed E-state index contributed by atoms with van der Waals surface area (Å²) in [4.78, 5) is 18.0. The molecule has 0 saturated heterocycles. The maximum atomic E-state index is 12.1. The van der Waals surface area contributed by atoms with Gasteiger partial charge in [0.15, 0.2) is 0 Å². The number of aromatic nitrogens is 1. The van der Waals surface area contributed by atoms with Gasteiger partial charge in [0.25, 0.3) is 0 Å². The Labute approximate surface area is 167 Å². The van der Waals surface area contributed by atoms with E-state index in [4.69, 9.17) is 0 Å². The van der Waals surface area contributed by atoms with E-state index in [0.29, 0.717) is 6.42 Å². The number of carbonyl (C=O) groups is 1. The van der Waals surface area contributed by atoms with Crippen LogP contribution >= 0.6 is 0 Å². The molecule has 1 atom stereocenters. The van der Waals surface area contributed by atoms with E-state index in [1.807, 2.05) is 32.0 Å². The number of benzene rings is 1. The highest BCUT2D eigenvalue weighted by molar-refractivity contribution is 7.89. The molecular formula is C21H27N3O3S. The van der Waals surface area contributed by atoms with Crippen molar-refractivity contribution < 1.29 is 13.2 Å². The van der Waals surface area contributed by atoms with Crippen molar-refractivity contribution in [2.75, 3.05) is 17.7 Å². The lowest BCUT2D eigenvalue weighted by Gasteiger charge is -2.26. The molecule has 0 spiro atoms. The number of pyridine rings is 1. The Morgan fingerprint density at radius 2 is 1.89 bits per heavy atom. The molecule has 0 radical (unpaired) electrons. The lowest BCUT2D eigenvalue weighted by molar-refractivity contribution is -0.118. The molecule has 1 amide bonds. The highest BCUT2D eigenvalue weighted by atomic mass is 32.2. The van der Waals surface area contributed by atoms with Crippen LogP contribution in [0.1, 0.15) is 44.4 Å². The third-order valence-electron chi connectivity index (χ3n) is 5.23. The Bertz CT molecular complexity index is 986. The van der Waals surface area contributed by atoms with Crippen LogP contribution in [0.25, 0.3) is 11.1 Å². The second-order valence-corrected chi connectivity index (χ2v) is 9.59. The van der Waals surface area contributed by atoms with Gasteiger partial charge < -0.3 is 4.90 Å². The number of aryl methyl sites for hydroxylation is 1. The summed E-state index contributed by atoms with van der Waals surface area (Å²) in [6.07, 6.45) is 4.75. The summed E-state index contributed by atoms with van der Waals surface area (Å²) < 4.78 is 27.0. The predicted molar refractivity (Wildman–Crippen MR) is 112 cm³/mol. The van der Waals surface area contributed by atoms with E-state index in [-0.39, 0.29) is 23.6 Å². The van der Waals surface area contributed by atoms with Gasteiger partial charge in [-0.1, -0.05) is 19.9 Å². The van der Waals surface area contributed by atoms with Crippen molar-refractivity contribution in [3.63, 3.8) is 0 Å². The maximum absolute atomic E-state index is 12.1. The summed E-state index contributed by atoms with van der Waals surface area (Å²) in [5.41, 5.74) is 4.87. The van der Waals surface area contributed by atoms with Crippen molar-refractivity contribution in [3.8, 4) is 11.1 Å². The average molecular weight is 402 g/mol. The van der Waals surface area contributed by atoms with Gasteiger partial charge in [-0.3, -0.25) is 9.78 Å². The molecule has 0 aliphatic carbocycles. The highest BCUT2D eigenvalue weighted by Crippen LogP contribution is 2.32. The molecule has 7 heteroatoms. The molecular weight excluding hydrogens is 374 g/mol. The normalized spacial score (nSPS) is 15.6. The summed E-state index contributed by atoms with van der Waals surface area (Å²) >= 11 is 0. The van der Waals surface area contributed by atoms with Crippen LogP contribution in [0.15, 0.2) is 36.7 Å². The predicted octanol–water partition coefficient (Wildman–Crippen LogP) is 3.29. The molecule has 1 N–H and O–H groups in total. The molecule has 1 aliphatic rings. The largest absolute Gasteiger partial charge is 0.315 e. The zero-order valence-electron chi connectivity index (χ0n) is 16.8. The summed E-state index contributed by atoms with van der Waals surface area (Å²) in [5, 5.41) is 0. The van der Waals surface area contributed by atoms with Gasteiger partial charge in [0.2, 0.25) is 15.9 Å². The van der Waals surface area contributed by atoms with Crippen LogP contribution in [-0.2, 0) is 21.2 Å². The first-order valence-electron chi connectivity index (χ1n) is 9.56. The minimum absolute atomic E-state index is 0.0421. The van der Waals surface area contributed by atoms with Crippen molar-refractivity contribution >= 4 is 21.6 Å². The van der Waals surface area contributed by atoms with Crippen molar-refractivity contribution in [1.29, 1.82) is 0 Å². The smallest absolute Gasteiger partial charge is 0.227 e. The number of hydrogen-bond donors (Lipinski definition) is 1. The zero-order valence-corrected chi connectivity index (χ0v) is 17.6. The van der Waals surface area contributed by atoms with E-state index in [1.54, 1.807) is 31.3 Å². The standard InChI is InChI=1S/C21H27N3O3S/c1-5-28(26,27)23-21(14(2)3)18-11-17(12-22-13-18)15-6-8-19-16(10-15)7-9-20(25)24(19)4/h6,8,10-14,21,23H,5,7,9H2,1-4H3. The molecule has 2 aromatic rings. The van der Waals surface area contributed by atoms with Crippen molar-refractivity contribution in [2.45, 2.75) is 39.7 Å². The fourth-order valence-corrected chi connectivity index (χ4v) is 4.45. The molecule has 0 bridgehead atoms. The fraction of sp³-hybridized carbons (Fsp3) is 0.429. The first-order chi connectivity index (χ1) is 13.2. The third-order valence-corrected chi connectivity index (χ3v) is 6.60. The van der Waals surface area contributed by atoms with E-state index < -0.39 is 10.0 Å². The lowest BCUT2D eigenvalue weighted by atomic mass is 9.94. The van der Waals surface area contributed by atoms with E-state index in [9.17, 15) is 13.2 Å². The first-order valence-corrected chi connectivity index (χ1v) is 11.2.